The van der Waals surface area contributed by atoms with E-state index in [1.807, 2.05) is 0 Å². The molecule has 0 spiro atoms. The van der Waals surface area contributed by atoms with Gasteiger partial charge in [-0.15, -0.1) is 0 Å². The van der Waals surface area contributed by atoms with Crippen LogP contribution in [0.15, 0.2) is 11.1 Å². The SMILES string of the molecule is CC1=C(CCC(C)(C)C2CCCC2)C(C)(C)CCC1. The minimum absolute atomic E-state index is 0.466. The van der Waals surface area contributed by atoms with Gasteiger partial charge in [-0.3, -0.25) is 0 Å². The first-order valence-electron chi connectivity index (χ1n) is 8.52. The molecule has 2 aliphatic rings. The Morgan fingerprint density at radius 1 is 1.11 bits per heavy atom. The summed E-state index contributed by atoms with van der Waals surface area (Å²) in [7, 11) is 0. The Balaban J connectivity index is 2.00. The Morgan fingerprint density at radius 3 is 2.32 bits per heavy atom. The van der Waals surface area contributed by atoms with Gasteiger partial charge in [-0.2, -0.15) is 0 Å². The van der Waals surface area contributed by atoms with E-state index in [0.29, 0.717) is 10.8 Å². The first kappa shape index (κ1) is 15.1. The van der Waals surface area contributed by atoms with E-state index < -0.39 is 0 Å². The molecule has 2 aliphatic carbocycles. The zero-order valence-electron chi connectivity index (χ0n) is 13.9. The van der Waals surface area contributed by atoms with Gasteiger partial charge in [0, 0.05) is 0 Å². The van der Waals surface area contributed by atoms with E-state index in [9.17, 15) is 0 Å². The molecule has 0 heterocycles. The van der Waals surface area contributed by atoms with Crippen molar-refractivity contribution in [1.82, 2.24) is 0 Å². The van der Waals surface area contributed by atoms with E-state index in [2.05, 4.69) is 34.6 Å². The highest BCUT2D eigenvalue weighted by Gasteiger charge is 2.34. The molecule has 0 atom stereocenters. The van der Waals surface area contributed by atoms with Gasteiger partial charge in [0.15, 0.2) is 0 Å². The maximum absolute atomic E-state index is 2.52. The third-order valence-electron chi connectivity index (χ3n) is 6.17. The fourth-order valence-corrected chi connectivity index (χ4v) is 4.59. The second-order valence-electron chi connectivity index (χ2n) is 8.47. The fraction of sp³-hybridized carbons (Fsp3) is 0.895. The van der Waals surface area contributed by atoms with Gasteiger partial charge in [-0.05, 0) is 68.6 Å². The lowest BCUT2D eigenvalue weighted by molar-refractivity contribution is 0.192. The second-order valence-corrected chi connectivity index (χ2v) is 8.47. The molecule has 1 saturated carbocycles. The number of allylic oxidation sites excluding steroid dienone is 2. The minimum atomic E-state index is 0.466. The van der Waals surface area contributed by atoms with Crippen molar-refractivity contribution < 1.29 is 0 Å². The van der Waals surface area contributed by atoms with Crippen LogP contribution in [0, 0.1) is 16.7 Å². The first-order valence-corrected chi connectivity index (χ1v) is 8.52. The van der Waals surface area contributed by atoms with E-state index in [1.54, 1.807) is 11.1 Å². The average Bonchev–Trinajstić information content (AvgIpc) is 2.81. The molecule has 0 aromatic heterocycles. The molecular formula is C19H34. The van der Waals surface area contributed by atoms with Gasteiger partial charge in [0.2, 0.25) is 0 Å². The molecule has 0 radical (unpaired) electrons. The monoisotopic (exact) mass is 262 g/mol. The summed E-state index contributed by atoms with van der Waals surface area (Å²) in [6.45, 7) is 12.4. The van der Waals surface area contributed by atoms with Gasteiger partial charge in [0.1, 0.15) is 0 Å². The zero-order valence-corrected chi connectivity index (χ0v) is 13.9. The maximum Gasteiger partial charge on any atom is -0.0142 e. The lowest BCUT2D eigenvalue weighted by atomic mass is 9.67. The molecule has 0 aliphatic heterocycles. The molecular weight excluding hydrogens is 228 g/mol. The summed E-state index contributed by atoms with van der Waals surface area (Å²) in [5.74, 6) is 0.986. The van der Waals surface area contributed by atoms with Crippen molar-refractivity contribution in [3.63, 3.8) is 0 Å². The highest BCUT2D eigenvalue weighted by atomic mass is 14.4. The predicted molar refractivity (Wildman–Crippen MR) is 85.3 cm³/mol. The van der Waals surface area contributed by atoms with Gasteiger partial charge >= 0.3 is 0 Å². The zero-order chi connectivity index (χ0) is 14.1. The highest BCUT2D eigenvalue weighted by Crippen LogP contribution is 2.47. The van der Waals surface area contributed by atoms with Crippen LogP contribution in [0.3, 0.4) is 0 Å². The lowest BCUT2D eigenvalue weighted by Crippen LogP contribution is -2.25. The molecule has 0 amide bonds. The van der Waals surface area contributed by atoms with Crippen molar-refractivity contribution in [2.75, 3.05) is 0 Å². The fourth-order valence-electron chi connectivity index (χ4n) is 4.59. The third kappa shape index (κ3) is 3.44. The van der Waals surface area contributed by atoms with Crippen LogP contribution in [0.5, 0.6) is 0 Å². The molecule has 0 aromatic carbocycles. The quantitative estimate of drug-likeness (QED) is 0.507. The Bertz CT molecular complexity index is 337. The van der Waals surface area contributed by atoms with Crippen molar-refractivity contribution in [3.05, 3.63) is 11.1 Å². The molecule has 0 bridgehead atoms. The molecule has 19 heavy (non-hydrogen) atoms. The molecule has 0 heteroatoms. The van der Waals surface area contributed by atoms with E-state index >= 15 is 0 Å². The van der Waals surface area contributed by atoms with E-state index in [0.717, 1.165) is 5.92 Å². The summed E-state index contributed by atoms with van der Waals surface area (Å²) in [5.41, 5.74) is 4.52. The number of rotatable bonds is 4. The third-order valence-corrected chi connectivity index (χ3v) is 6.17. The minimum Gasteiger partial charge on any atom is -0.0736 e. The number of hydrogen-bond donors (Lipinski definition) is 0. The molecule has 1 fully saturated rings. The summed E-state index contributed by atoms with van der Waals surface area (Å²) < 4.78 is 0. The van der Waals surface area contributed by atoms with Crippen molar-refractivity contribution in [2.45, 2.75) is 92.4 Å². The molecule has 110 valence electrons. The van der Waals surface area contributed by atoms with Crippen molar-refractivity contribution in [2.24, 2.45) is 16.7 Å². The van der Waals surface area contributed by atoms with E-state index in [-0.39, 0.29) is 0 Å². The maximum atomic E-state index is 2.52. The van der Waals surface area contributed by atoms with E-state index in [1.165, 1.54) is 57.8 Å². The van der Waals surface area contributed by atoms with Crippen LogP contribution >= 0.6 is 0 Å². The topological polar surface area (TPSA) is 0 Å². The van der Waals surface area contributed by atoms with Gasteiger partial charge in [0.05, 0.1) is 0 Å². The van der Waals surface area contributed by atoms with Crippen molar-refractivity contribution >= 4 is 0 Å². The Kier molecular flexibility index (Phi) is 4.48. The summed E-state index contributed by atoms with van der Waals surface area (Å²) in [6, 6.07) is 0. The summed E-state index contributed by atoms with van der Waals surface area (Å²) >= 11 is 0. The molecule has 0 saturated heterocycles. The second kappa shape index (κ2) is 5.62. The van der Waals surface area contributed by atoms with Gasteiger partial charge in [-0.25, -0.2) is 0 Å². The Labute approximate surface area is 121 Å². The predicted octanol–water partition coefficient (Wildman–Crippen LogP) is 6.51. The Morgan fingerprint density at radius 2 is 1.74 bits per heavy atom. The van der Waals surface area contributed by atoms with Crippen molar-refractivity contribution in [1.29, 1.82) is 0 Å². The van der Waals surface area contributed by atoms with Crippen LogP contribution in [0.25, 0.3) is 0 Å². The van der Waals surface area contributed by atoms with E-state index in [4.69, 9.17) is 0 Å². The smallest absolute Gasteiger partial charge is 0.0142 e. The molecule has 0 aromatic rings. The molecule has 0 nitrogen and oxygen atoms in total. The summed E-state index contributed by atoms with van der Waals surface area (Å²) in [6.07, 6.45) is 12.8. The van der Waals surface area contributed by atoms with Crippen molar-refractivity contribution in [3.8, 4) is 0 Å². The largest absolute Gasteiger partial charge is 0.0736 e. The van der Waals surface area contributed by atoms with Crippen LogP contribution < -0.4 is 0 Å². The van der Waals surface area contributed by atoms with Gasteiger partial charge in [0.25, 0.3) is 0 Å². The van der Waals surface area contributed by atoms with Crippen LogP contribution in [-0.2, 0) is 0 Å². The van der Waals surface area contributed by atoms with Crippen LogP contribution in [0.1, 0.15) is 92.4 Å². The lowest BCUT2D eigenvalue weighted by Gasteiger charge is -2.38. The van der Waals surface area contributed by atoms with Crippen LogP contribution in [-0.4, -0.2) is 0 Å². The first-order chi connectivity index (χ1) is 8.83. The normalized spacial score (nSPS) is 25.1. The van der Waals surface area contributed by atoms with Crippen LogP contribution in [0.4, 0.5) is 0 Å². The highest BCUT2D eigenvalue weighted by molar-refractivity contribution is 5.22. The summed E-state index contributed by atoms with van der Waals surface area (Å²) in [4.78, 5) is 0. The van der Waals surface area contributed by atoms with Gasteiger partial charge < -0.3 is 0 Å². The molecule has 2 rings (SSSR count). The molecule has 0 unspecified atom stereocenters. The number of hydrogen-bond acceptors (Lipinski definition) is 0. The standard InChI is InChI=1S/C19H34/c1-15-9-8-13-19(4,5)17(15)12-14-18(2,3)16-10-6-7-11-16/h16H,6-14H2,1-5H3. The average molecular weight is 262 g/mol. The van der Waals surface area contributed by atoms with Gasteiger partial charge in [-0.1, -0.05) is 51.7 Å². The summed E-state index contributed by atoms with van der Waals surface area (Å²) in [5, 5.41) is 0. The Hall–Kier alpha value is -0.260. The van der Waals surface area contributed by atoms with Crippen LogP contribution in [0.2, 0.25) is 0 Å². The molecule has 0 N–H and O–H groups in total.